The molecule has 0 saturated heterocycles. The summed E-state index contributed by atoms with van der Waals surface area (Å²) in [6.45, 7) is 0. The van der Waals surface area contributed by atoms with E-state index in [1.807, 2.05) is 12.1 Å². The molecule has 55 heavy (non-hydrogen) atoms. The van der Waals surface area contributed by atoms with Crippen LogP contribution in [0.1, 0.15) is 22.3 Å². The number of benzene rings is 9. The van der Waals surface area contributed by atoms with E-state index in [4.69, 9.17) is 4.42 Å². The van der Waals surface area contributed by atoms with E-state index >= 15 is 0 Å². The second-order valence-corrected chi connectivity index (χ2v) is 15.1. The van der Waals surface area contributed by atoms with Gasteiger partial charge in [0, 0.05) is 27.8 Å². The Bertz CT molecular complexity index is 3280. The number of nitrogens with zero attached hydrogens (tertiary/aromatic N) is 1. The lowest BCUT2D eigenvalue weighted by Gasteiger charge is -2.32. The van der Waals surface area contributed by atoms with E-state index in [2.05, 4.69) is 181 Å². The van der Waals surface area contributed by atoms with Crippen LogP contribution in [0, 0.1) is 0 Å². The predicted octanol–water partition coefficient (Wildman–Crippen LogP) is 14.2. The first-order valence-electron chi connectivity index (χ1n) is 19.1. The van der Waals surface area contributed by atoms with Gasteiger partial charge >= 0.3 is 0 Å². The number of hydrogen-bond acceptors (Lipinski definition) is 2. The van der Waals surface area contributed by atoms with Crippen molar-refractivity contribution < 1.29 is 4.42 Å². The molecule has 0 amide bonds. The van der Waals surface area contributed by atoms with E-state index in [0.29, 0.717) is 0 Å². The lowest BCUT2D eigenvalue weighted by atomic mass is 9.70. The first-order chi connectivity index (χ1) is 27.3. The molecule has 10 aromatic rings. The largest absolute Gasteiger partial charge is 0.456 e. The Balaban J connectivity index is 1.12. The summed E-state index contributed by atoms with van der Waals surface area (Å²) in [5.41, 5.74) is 20.6. The zero-order chi connectivity index (χ0) is 35.8. The monoisotopic (exact) mass is 697 g/mol. The van der Waals surface area contributed by atoms with Gasteiger partial charge in [-0.25, -0.2) is 0 Å². The van der Waals surface area contributed by atoms with Crippen LogP contribution in [-0.2, 0) is 5.41 Å². The van der Waals surface area contributed by atoms with Gasteiger partial charge in [-0.3, -0.25) is 0 Å². The Morgan fingerprint density at radius 1 is 0.327 bits per heavy atom. The molecule has 0 saturated carbocycles. The topological polar surface area (TPSA) is 16.4 Å². The van der Waals surface area contributed by atoms with Crippen LogP contribution in [0.5, 0.6) is 0 Å². The number of para-hydroxylation sites is 2. The van der Waals surface area contributed by atoms with Crippen molar-refractivity contribution in [2.75, 3.05) is 4.90 Å². The zero-order valence-electron chi connectivity index (χ0n) is 29.8. The number of furan rings is 1. The minimum absolute atomic E-state index is 0.501. The Morgan fingerprint density at radius 3 is 1.78 bits per heavy atom. The highest BCUT2D eigenvalue weighted by Crippen LogP contribution is 2.66. The molecule has 254 valence electrons. The highest BCUT2D eigenvalue weighted by molar-refractivity contribution is 6.21. The quantitative estimate of drug-likeness (QED) is 0.183. The minimum atomic E-state index is -0.501. The lowest BCUT2D eigenvalue weighted by Crippen LogP contribution is -2.26. The molecule has 2 nitrogen and oxygen atoms in total. The highest BCUT2D eigenvalue weighted by Gasteiger charge is 2.52. The summed E-state index contributed by atoms with van der Waals surface area (Å²) in [6.07, 6.45) is 0. The van der Waals surface area contributed by atoms with Crippen LogP contribution in [-0.4, -0.2) is 0 Å². The third-order valence-corrected chi connectivity index (χ3v) is 12.6. The van der Waals surface area contributed by atoms with Gasteiger partial charge in [0.15, 0.2) is 0 Å². The number of fused-ring (bicyclic) bond motifs is 17. The van der Waals surface area contributed by atoms with E-state index in [1.54, 1.807) is 0 Å². The molecular weight excluding hydrogens is 667 g/mol. The van der Waals surface area contributed by atoms with Crippen molar-refractivity contribution in [1.29, 1.82) is 0 Å². The molecule has 0 N–H and O–H groups in total. The fourth-order valence-electron chi connectivity index (χ4n) is 10.5. The Kier molecular flexibility index (Phi) is 5.59. The van der Waals surface area contributed by atoms with Gasteiger partial charge in [0.1, 0.15) is 11.2 Å². The molecule has 0 fully saturated rings. The molecule has 3 aliphatic carbocycles. The molecule has 13 rings (SSSR count). The van der Waals surface area contributed by atoms with Crippen molar-refractivity contribution in [3.05, 3.63) is 210 Å². The first kappa shape index (κ1) is 29.3. The Labute approximate surface area is 318 Å². The maximum absolute atomic E-state index is 6.28. The summed E-state index contributed by atoms with van der Waals surface area (Å²) in [7, 11) is 0. The third-order valence-electron chi connectivity index (χ3n) is 12.6. The number of hydrogen-bond donors (Lipinski definition) is 0. The molecule has 1 spiro atoms. The zero-order valence-corrected chi connectivity index (χ0v) is 29.8. The average molecular weight is 698 g/mol. The molecule has 3 aliphatic rings. The van der Waals surface area contributed by atoms with E-state index in [1.165, 1.54) is 77.5 Å². The van der Waals surface area contributed by atoms with Crippen LogP contribution < -0.4 is 4.90 Å². The van der Waals surface area contributed by atoms with Crippen molar-refractivity contribution in [2.24, 2.45) is 0 Å². The van der Waals surface area contributed by atoms with Crippen LogP contribution in [0.2, 0.25) is 0 Å². The van der Waals surface area contributed by atoms with Gasteiger partial charge in [0.2, 0.25) is 0 Å². The standard InChI is InChI=1S/C53H31NO/c1-2-13-32(14-3-1)54(33-26-28-50-43(29-33)39-18-8-11-24-49(39)55-50)34-25-27-38-37-17-6-9-22-45(37)53(47(38)30-34)46-23-10-7-19-41(46)52-42-21-12-20-40-35-15-4-5-16-36(35)44(51(40)42)31-48(52)53/h1-31H. The van der Waals surface area contributed by atoms with E-state index in [-0.39, 0.29) is 0 Å². The maximum Gasteiger partial charge on any atom is 0.135 e. The van der Waals surface area contributed by atoms with Crippen LogP contribution >= 0.6 is 0 Å². The average Bonchev–Trinajstić information content (AvgIpc) is 3.96. The van der Waals surface area contributed by atoms with Crippen molar-refractivity contribution in [3.8, 4) is 44.5 Å². The molecule has 2 heteroatoms. The summed E-state index contributed by atoms with van der Waals surface area (Å²) >= 11 is 0. The van der Waals surface area contributed by atoms with Gasteiger partial charge in [-0.1, -0.05) is 133 Å². The fraction of sp³-hybridized carbons (Fsp3) is 0.0189. The highest BCUT2D eigenvalue weighted by atomic mass is 16.3. The maximum atomic E-state index is 6.28. The molecular formula is C53H31NO. The Hall–Kier alpha value is -7.16. The normalized spacial score (nSPS) is 15.3. The van der Waals surface area contributed by atoms with Crippen molar-refractivity contribution >= 4 is 49.8 Å². The summed E-state index contributed by atoms with van der Waals surface area (Å²) in [5.74, 6) is 0. The van der Waals surface area contributed by atoms with Crippen LogP contribution in [0.4, 0.5) is 17.1 Å². The van der Waals surface area contributed by atoms with E-state index in [0.717, 1.165) is 39.0 Å². The summed E-state index contributed by atoms with van der Waals surface area (Å²) in [6, 6.07) is 69.6. The summed E-state index contributed by atoms with van der Waals surface area (Å²) < 4.78 is 6.28. The second-order valence-electron chi connectivity index (χ2n) is 15.1. The van der Waals surface area contributed by atoms with Gasteiger partial charge < -0.3 is 9.32 Å². The molecule has 1 atom stereocenters. The summed E-state index contributed by atoms with van der Waals surface area (Å²) in [5, 5.41) is 4.94. The van der Waals surface area contributed by atoms with Crippen molar-refractivity contribution in [1.82, 2.24) is 0 Å². The van der Waals surface area contributed by atoms with Gasteiger partial charge in [-0.2, -0.15) is 0 Å². The molecule has 9 aromatic carbocycles. The molecule has 1 heterocycles. The van der Waals surface area contributed by atoms with Gasteiger partial charge in [0.05, 0.1) is 5.41 Å². The van der Waals surface area contributed by atoms with Gasteiger partial charge in [0.25, 0.3) is 0 Å². The Morgan fingerprint density at radius 2 is 0.927 bits per heavy atom. The molecule has 1 aromatic heterocycles. The van der Waals surface area contributed by atoms with Gasteiger partial charge in [-0.05, 0) is 132 Å². The molecule has 0 aliphatic heterocycles. The van der Waals surface area contributed by atoms with Crippen LogP contribution in [0.25, 0.3) is 77.2 Å². The van der Waals surface area contributed by atoms with E-state index in [9.17, 15) is 0 Å². The second kappa shape index (κ2) is 10.5. The SMILES string of the molecule is c1ccc(N(c2ccc3c(c2)C2(c4ccccc4-3)c3ccccc3-c3c2cc2c4c(cccc34)-c3ccccc3-2)c2ccc3oc4ccccc4c3c2)cc1. The van der Waals surface area contributed by atoms with Crippen molar-refractivity contribution in [3.63, 3.8) is 0 Å². The predicted molar refractivity (Wildman–Crippen MR) is 227 cm³/mol. The van der Waals surface area contributed by atoms with Gasteiger partial charge in [-0.15, -0.1) is 0 Å². The minimum Gasteiger partial charge on any atom is -0.456 e. The van der Waals surface area contributed by atoms with Crippen molar-refractivity contribution in [2.45, 2.75) is 5.41 Å². The smallest absolute Gasteiger partial charge is 0.135 e. The molecule has 0 radical (unpaired) electrons. The molecule has 0 bridgehead atoms. The number of rotatable bonds is 3. The molecule has 1 unspecified atom stereocenters. The van der Waals surface area contributed by atoms with Crippen LogP contribution in [0.15, 0.2) is 192 Å². The third kappa shape index (κ3) is 3.64. The lowest BCUT2D eigenvalue weighted by molar-refractivity contribution is 0.669. The fourth-order valence-corrected chi connectivity index (χ4v) is 10.5. The van der Waals surface area contributed by atoms with E-state index < -0.39 is 5.41 Å². The summed E-state index contributed by atoms with van der Waals surface area (Å²) in [4.78, 5) is 2.41. The first-order valence-corrected chi connectivity index (χ1v) is 19.1. The number of anilines is 3. The van der Waals surface area contributed by atoms with Crippen LogP contribution in [0.3, 0.4) is 0 Å².